The van der Waals surface area contributed by atoms with Gasteiger partial charge in [-0.3, -0.25) is 4.79 Å². The molecule has 0 bridgehead atoms. The molecule has 2 aliphatic heterocycles. The number of carbonyl (C=O) groups is 2. The fourth-order valence-electron chi connectivity index (χ4n) is 5.99. The van der Waals surface area contributed by atoms with Crippen molar-refractivity contribution in [3.05, 3.63) is 23.5 Å². The van der Waals surface area contributed by atoms with Crippen molar-refractivity contribution in [2.24, 2.45) is 22.7 Å². The van der Waals surface area contributed by atoms with Crippen molar-refractivity contribution in [3.8, 4) is 0 Å². The number of hydrogen-bond donors (Lipinski definition) is 0. The van der Waals surface area contributed by atoms with Crippen LogP contribution in [0.15, 0.2) is 23.5 Å². The third-order valence-electron chi connectivity index (χ3n) is 7.34. The van der Waals surface area contributed by atoms with Crippen LogP contribution in [-0.2, 0) is 19.1 Å². The Morgan fingerprint density at radius 1 is 1.08 bits per heavy atom. The fraction of sp³-hybridized carbons (Fsp3) is 0.714. The van der Waals surface area contributed by atoms with Crippen LogP contribution in [0, 0.1) is 22.7 Å². The molecule has 0 aromatic carbocycles. The lowest BCUT2D eigenvalue weighted by Gasteiger charge is -2.61. The Morgan fingerprint density at radius 2 is 1.80 bits per heavy atom. The van der Waals surface area contributed by atoms with E-state index in [0.29, 0.717) is 18.4 Å². The second kappa shape index (κ2) is 4.99. The van der Waals surface area contributed by atoms with Gasteiger partial charge in [0.1, 0.15) is 17.5 Å². The second-order valence-corrected chi connectivity index (χ2v) is 9.39. The van der Waals surface area contributed by atoms with Crippen LogP contribution >= 0.6 is 0 Å². The van der Waals surface area contributed by atoms with E-state index in [9.17, 15) is 9.59 Å². The van der Waals surface area contributed by atoms with E-state index in [1.165, 1.54) is 0 Å². The summed E-state index contributed by atoms with van der Waals surface area (Å²) < 4.78 is 11.9. The normalized spacial score (nSPS) is 45.1. The highest BCUT2D eigenvalue weighted by atomic mass is 16.6. The molecule has 4 rings (SSSR count). The Hall–Kier alpha value is -1.58. The van der Waals surface area contributed by atoms with Gasteiger partial charge in [0.25, 0.3) is 0 Å². The molecule has 1 saturated carbocycles. The van der Waals surface area contributed by atoms with Crippen LogP contribution in [0.3, 0.4) is 0 Å². The Balaban J connectivity index is 1.81. The third-order valence-corrected chi connectivity index (χ3v) is 7.34. The first-order valence-electron chi connectivity index (χ1n) is 9.43. The van der Waals surface area contributed by atoms with Gasteiger partial charge < -0.3 is 9.47 Å². The van der Waals surface area contributed by atoms with Crippen LogP contribution in [0.1, 0.15) is 60.3 Å². The summed E-state index contributed by atoms with van der Waals surface area (Å²) in [6.45, 7) is 10.6. The molecule has 0 saturated heterocycles. The summed E-state index contributed by atoms with van der Waals surface area (Å²) in [6.07, 6.45) is 6.79. The zero-order valence-electron chi connectivity index (χ0n) is 15.8. The highest BCUT2D eigenvalue weighted by Crippen LogP contribution is 2.63. The lowest BCUT2D eigenvalue weighted by Crippen LogP contribution is -2.62. The SMILES string of the molecule is CC1CC2=C(CC3C(C)(CCC4C(C)(C)C=CC(=O)C43C)O2)C(=O)O1. The van der Waals surface area contributed by atoms with Crippen molar-refractivity contribution in [2.45, 2.75) is 72.0 Å². The number of ether oxygens (including phenoxy) is 2. The lowest BCUT2D eigenvalue weighted by molar-refractivity contribution is -0.184. The summed E-state index contributed by atoms with van der Waals surface area (Å²) in [5, 5.41) is 0. The fourth-order valence-corrected chi connectivity index (χ4v) is 5.99. The van der Waals surface area contributed by atoms with Crippen LogP contribution in [-0.4, -0.2) is 23.5 Å². The summed E-state index contributed by atoms with van der Waals surface area (Å²) in [4.78, 5) is 25.5. The molecule has 0 spiro atoms. The molecule has 0 amide bonds. The first-order valence-corrected chi connectivity index (χ1v) is 9.43. The van der Waals surface area contributed by atoms with Crippen LogP contribution in [0.4, 0.5) is 0 Å². The van der Waals surface area contributed by atoms with Crippen molar-refractivity contribution >= 4 is 11.8 Å². The molecule has 0 radical (unpaired) electrons. The Kier molecular flexibility index (Phi) is 3.36. The van der Waals surface area contributed by atoms with Crippen LogP contribution in [0.2, 0.25) is 0 Å². The third kappa shape index (κ3) is 2.18. The number of cyclic esters (lactones) is 1. The van der Waals surface area contributed by atoms with Gasteiger partial charge in [0.2, 0.25) is 0 Å². The molecule has 5 unspecified atom stereocenters. The number of rotatable bonds is 0. The van der Waals surface area contributed by atoms with E-state index in [4.69, 9.17) is 9.47 Å². The molecular weight excluding hydrogens is 316 g/mol. The van der Waals surface area contributed by atoms with Gasteiger partial charge in [0, 0.05) is 17.8 Å². The molecule has 4 aliphatic rings. The largest absolute Gasteiger partial charge is 0.491 e. The van der Waals surface area contributed by atoms with Crippen LogP contribution in [0.25, 0.3) is 0 Å². The Bertz CT molecular complexity index is 715. The summed E-state index contributed by atoms with van der Waals surface area (Å²) in [5.74, 6) is 0.968. The van der Waals surface area contributed by atoms with E-state index in [1.54, 1.807) is 6.08 Å². The average Bonchev–Trinajstić information content (AvgIpc) is 2.49. The quantitative estimate of drug-likeness (QED) is 0.624. The van der Waals surface area contributed by atoms with Gasteiger partial charge in [-0.15, -0.1) is 0 Å². The predicted octanol–water partition coefficient (Wildman–Crippen LogP) is 3.95. The molecule has 25 heavy (non-hydrogen) atoms. The van der Waals surface area contributed by atoms with E-state index in [0.717, 1.165) is 18.6 Å². The Morgan fingerprint density at radius 3 is 2.52 bits per heavy atom. The topological polar surface area (TPSA) is 52.6 Å². The molecule has 4 nitrogen and oxygen atoms in total. The summed E-state index contributed by atoms with van der Waals surface area (Å²) in [7, 11) is 0. The number of hydrogen-bond acceptors (Lipinski definition) is 4. The van der Waals surface area contributed by atoms with E-state index < -0.39 is 11.0 Å². The minimum atomic E-state index is -0.507. The van der Waals surface area contributed by atoms with Crippen molar-refractivity contribution in [1.82, 2.24) is 0 Å². The molecule has 1 fully saturated rings. The van der Waals surface area contributed by atoms with Gasteiger partial charge in [-0.25, -0.2) is 4.79 Å². The number of esters is 1. The first-order chi connectivity index (χ1) is 11.6. The predicted molar refractivity (Wildman–Crippen MR) is 93.6 cm³/mol. The van der Waals surface area contributed by atoms with Gasteiger partial charge in [-0.05, 0) is 50.5 Å². The maximum Gasteiger partial charge on any atom is 0.337 e. The van der Waals surface area contributed by atoms with Crippen molar-refractivity contribution < 1.29 is 19.1 Å². The van der Waals surface area contributed by atoms with Gasteiger partial charge in [0.05, 0.1) is 5.57 Å². The monoisotopic (exact) mass is 344 g/mol. The molecule has 5 atom stereocenters. The summed E-state index contributed by atoms with van der Waals surface area (Å²) in [5.41, 5.74) is -0.270. The maximum absolute atomic E-state index is 13.1. The maximum atomic E-state index is 13.1. The van der Waals surface area contributed by atoms with Gasteiger partial charge >= 0.3 is 5.97 Å². The molecule has 0 aromatic heterocycles. The Labute approximate surface area is 149 Å². The molecule has 136 valence electrons. The van der Waals surface area contributed by atoms with Crippen molar-refractivity contribution in [1.29, 1.82) is 0 Å². The highest BCUT2D eigenvalue weighted by molar-refractivity contribution is 5.97. The van der Waals surface area contributed by atoms with E-state index in [1.807, 2.05) is 6.92 Å². The average molecular weight is 344 g/mol. The number of carbonyl (C=O) groups excluding carboxylic acids is 2. The van der Waals surface area contributed by atoms with Gasteiger partial charge in [-0.1, -0.05) is 26.8 Å². The summed E-state index contributed by atoms with van der Waals surface area (Å²) in [6, 6.07) is 0. The van der Waals surface area contributed by atoms with Crippen molar-refractivity contribution in [2.75, 3.05) is 0 Å². The second-order valence-electron chi connectivity index (χ2n) is 9.39. The van der Waals surface area contributed by atoms with Crippen molar-refractivity contribution in [3.63, 3.8) is 0 Å². The van der Waals surface area contributed by atoms with E-state index in [2.05, 4.69) is 33.8 Å². The first kappa shape index (κ1) is 16.9. The molecule has 4 heteroatoms. The number of ketones is 1. The molecule has 0 N–H and O–H groups in total. The van der Waals surface area contributed by atoms with E-state index >= 15 is 0 Å². The molecule has 2 heterocycles. The standard InChI is InChI=1S/C21H28O4/c1-12-10-14-13(18(23)24-12)11-16-20(4,25-14)9-6-15-19(2,3)8-7-17(22)21(15,16)5/h7-8,12,15-16H,6,9-11H2,1-5H3. The highest BCUT2D eigenvalue weighted by Gasteiger charge is 2.63. The zero-order chi connectivity index (χ0) is 18.2. The lowest BCUT2D eigenvalue weighted by atomic mass is 9.45. The van der Waals surface area contributed by atoms with Gasteiger partial charge in [0.15, 0.2) is 5.78 Å². The van der Waals surface area contributed by atoms with Gasteiger partial charge in [-0.2, -0.15) is 0 Å². The molecule has 0 aromatic rings. The minimum absolute atomic E-state index is 0.00446. The smallest absolute Gasteiger partial charge is 0.337 e. The number of allylic oxidation sites excluding steroid dienone is 2. The van der Waals surface area contributed by atoms with E-state index in [-0.39, 0.29) is 35.1 Å². The molecule has 2 aliphatic carbocycles. The summed E-state index contributed by atoms with van der Waals surface area (Å²) >= 11 is 0. The molecular formula is C21H28O4. The zero-order valence-corrected chi connectivity index (χ0v) is 15.8. The van der Waals surface area contributed by atoms with Crippen LogP contribution < -0.4 is 0 Å². The number of fused-ring (bicyclic) bond motifs is 3. The minimum Gasteiger partial charge on any atom is -0.491 e. The van der Waals surface area contributed by atoms with Crippen LogP contribution in [0.5, 0.6) is 0 Å².